The summed E-state index contributed by atoms with van der Waals surface area (Å²) in [5.74, 6) is -0.183. The molecule has 2 aromatic carbocycles. The van der Waals surface area contributed by atoms with Gasteiger partial charge in [0, 0.05) is 5.56 Å². The molecule has 0 unspecified atom stereocenters. The van der Waals surface area contributed by atoms with E-state index in [1.807, 2.05) is 26.0 Å². The minimum absolute atomic E-state index is 0.250. The fourth-order valence-corrected chi connectivity index (χ4v) is 3.66. The van der Waals surface area contributed by atoms with E-state index in [2.05, 4.69) is 6.92 Å². The van der Waals surface area contributed by atoms with Crippen LogP contribution in [0.5, 0.6) is 5.75 Å². The maximum absolute atomic E-state index is 15.4. The molecule has 1 N–H and O–H groups in total. The normalized spacial score (nSPS) is 13.4. The van der Waals surface area contributed by atoms with Gasteiger partial charge < -0.3 is 9.84 Å². The molecule has 3 nitrogen and oxygen atoms in total. The number of hydrogen-bond acceptors (Lipinski definition) is 2. The van der Waals surface area contributed by atoms with E-state index in [0.29, 0.717) is 17.9 Å². The minimum Gasteiger partial charge on any atom is -0.490 e. The molecule has 1 heterocycles. The van der Waals surface area contributed by atoms with Crippen LogP contribution in [0.2, 0.25) is 0 Å². The summed E-state index contributed by atoms with van der Waals surface area (Å²) in [5.41, 5.74) is 5.16. The molecule has 0 spiro atoms. The molecule has 0 saturated carbocycles. The molecule has 156 valence electrons. The van der Waals surface area contributed by atoms with Gasteiger partial charge in [0.15, 0.2) is 11.6 Å². The Morgan fingerprint density at radius 2 is 1.90 bits per heavy atom. The Labute approximate surface area is 171 Å². The van der Waals surface area contributed by atoms with Crippen molar-refractivity contribution in [3.63, 3.8) is 0 Å². The van der Waals surface area contributed by atoms with Gasteiger partial charge in [-0.25, -0.2) is 8.78 Å². The molecular weight excluding hydrogens is 374 g/mol. The Morgan fingerprint density at radius 3 is 2.55 bits per heavy atom. The molecule has 0 aromatic heterocycles. The summed E-state index contributed by atoms with van der Waals surface area (Å²) in [7, 11) is 0. The number of ether oxygens (including phenoxy) is 1. The second kappa shape index (κ2) is 10.7. The van der Waals surface area contributed by atoms with Gasteiger partial charge in [-0.3, -0.25) is 4.79 Å². The second-order valence-electron chi connectivity index (χ2n) is 7.19. The molecule has 0 fully saturated rings. The fourth-order valence-electron chi connectivity index (χ4n) is 3.66. The van der Waals surface area contributed by atoms with Gasteiger partial charge >= 0.3 is 0 Å². The zero-order valence-corrected chi connectivity index (χ0v) is 17.2. The van der Waals surface area contributed by atoms with Crippen LogP contribution >= 0.6 is 0 Å². The zero-order chi connectivity index (χ0) is 21.4. The van der Waals surface area contributed by atoms with Crippen LogP contribution in [-0.2, 0) is 11.2 Å². The summed E-state index contributed by atoms with van der Waals surface area (Å²) in [6.07, 6.45) is 4.76. The first-order chi connectivity index (χ1) is 13.9. The maximum atomic E-state index is 15.4. The minimum atomic E-state index is -0.295. The zero-order valence-electron chi connectivity index (χ0n) is 17.2. The van der Waals surface area contributed by atoms with Crippen LogP contribution in [0.1, 0.15) is 61.8 Å². The van der Waals surface area contributed by atoms with E-state index in [0.717, 1.165) is 59.9 Å². The quantitative estimate of drug-likeness (QED) is 0.596. The third-order valence-electron chi connectivity index (χ3n) is 5.07. The number of unbranched alkanes of at least 4 members (excludes halogenated alkanes) is 1. The number of aryl methyl sites for hydroxylation is 2. The van der Waals surface area contributed by atoms with Gasteiger partial charge in [-0.15, -0.1) is 0 Å². The van der Waals surface area contributed by atoms with Crippen molar-refractivity contribution in [1.29, 1.82) is 0 Å². The van der Waals surface area contributed by atoms with Crippen LogP contribution in [0.25, 0.3) is 5.57 Å². The van der Waals surface area contributed by atoms with E-state index in [1.165, 1.54) is 12.1 Å². The lowest BCUT2D eigenvalue weighted by Crippen LogP contribution is -2.11. The lowest BCUT2D eigenvalue weighted by molar-refractivity contribution is -0.122. The van der Waals surface area contributed by atoms with Gasteiger partial charge in [-0.2, -0.15) is 0 Å². The second-order valence-corrected chi connectivity index (χ2v) is 7.19. The summed E-state index contributed by atoms with van der Waals surface area (Å²) in [5, 5.41) is 6.89. The average molecular weight is 402 g/mol. The van der Waals surface area contributed by atoms with Crippen LogP contribution in [-0.4, -0.2) is 18.2 Å². The van der Waals surface area contributed by atoms with Crippen molar-refractivity contribution in [2.45, 2.75) is 52.9 Å². The molecule has 0 bridgehead atoms. The molecule has 0 saturated heterocycles. The highest BCUT2D eigenvalue weighted by molar-refractivity contribution is 5.84. The van der Waals surface area contributed by atoms with Gasteiger partial charge in [0.2, 0.25) is 0 Å². The molecule has 29 heavy (non-hydrogen) atoms. The van der Waals surface area contributed by atoms with Crippen molar-refractivity contribution in [1.82, 2.24) is 0 Å². The van der Waals surface area contributed by atoms with Gasteiger partial charge in [-0.1, -0.05) is 37.1 Å². The Kier molecular flexibility index (Phi) is 8.37. The van der Waals surface area contributed by atoms with Crippen molar-refractivity contribution in [3.05, 3.63) is 69.8 Å². The smallest absolute Gasteiger partial charge is 0.290 e. The molecule has 5 heteroatoms. The van der Waals surface area contributed by atoms with Crippen LogP contribution in [0.3, 0.4) is 0 Å². The number of hydrogen-bond donors (Lipinski definition) is 1. The van der Waals surface area contributed by atoms with Crippen LogP contribution in [0.4, 0.5) is 8.78 Å². The van der Waals surface area contributed by atoms with E-state index in [-0.39, 0.29) is 18.1 Å². The Balaban J connectivity index is 0.000000941. The number of fused-ring (bicyclic) bond motifs is 1. The summed E-state index contributed by atoms with van der Waals surface area (Å²) < 4.78 is 34.6. The number of halogens is 2. The molecule has 1 aliphatic heterocycles. The summed E-state index contributed by atoms with van der Waals surface area (Å²) >= 11 is 0. The van der Waals surface area contributed by atoms with E-state index < -0.39 is 0 Å². The molecule has 0 amide bonds. The van der Waals surface area contributed by atoms with Crippen molar-refractivity contribution in [2.75, 3.05) is 6.61 Å². The maximum Gasteiger partial charge on any atom is 0.290 e. The van der Waals surface area contributed by atoms with Crippen molar-refractivity contribution < 1.29 is 23.4 Å². The van der Waals surface area contributed by atoms with E-state index in [9.17, 15) is 4.39 Å². The van der Waals surface area contributed by atoms with Gasteiger partial charge in [0.1, 0.15) is 5.82 Å². The molecular formula is C24H28F2O3. The molecule has 3 rings (SSSR count). The Hall–Kier alpha value is -2.69. The average Bonchev–Trinajstić information content (AvgIpc) is 2.70. The van der Waals surface area contributed by atoms with Crippen LogP contribution < -0.4 is 4.74 Å². The first kappa shape index (κ1) is 22.6. The molecule has 2 aromatic rings. The van der Waals surface area contributed by atoms with Crippen molar-refractivity contribution in [2.24, 2.45) is 0 Å². The van der Waals surface area contributed by atoms with Crippen LogP contribution in [0.15, 0.2) is 35.9 Å². The molecule has 0 atom stereocenters. The van der Waals surface area contributed by atoms with Gasteiger partial charge in [-0.05, 0) is 73.9 Å². The van der Waals surface area contributed by atoms with Gasteiger partial charge in [0.05, 0.1) is 6.61 Å². The van der Waals surface area contributed by atoms with Crippen LogP contribution in [0, 0.1) is 18.6 Å². The van der Waals surface area contributed by atoms with E-state index in [1.54, 1.807) is 6.07 Å². The number of allylic oxidation sites excluding steroid dienone is 1. The number of carbonyl (C=O) groups is 1. The monoisotopic (exact) mass is 402 g/mol. The highest BCUT2D eigenvalue weighted by Gasteiger charge is 2.22. The first-order valence-corrected chi connectivity index (χ1v) is 9.93. The number of carboxylic acid groups (broad SMARTS) is 1. The van der Waals surface area contributed by atoms with Crippen molar-refractivity contribution >= 4 is 12.0 Å². The molecule has 0 radical (unpaired) electrons. The highest BCUT2D eigenvalue weighted by atomic mass is 19.1. The van der Waals surface area contributed by atoms with Crippen molar-refractivity contribution in [3.8, 4) is 5.75 Å². The topological polar surface area (TPSA) is 46.5 Å². The largest absolute Gasteiger partial charge is 0.490 e. The first-order valence-electron chi connectivity index (χ1n) is 9.93. The highest BCUT2D eigenvalue weighted by Crippen LogP contribution is 2.38. The predicted octanol–water partition coefficient (Wildman–Crippen LogP) is 6.31. The fraction of sp³-hybridized carbons (Fsp3) is 0.375. The molecule has 0 aliphatic carbocycles. The standard InChI is InChI=1S/C23H26F2O.CH2O2/c1-4-5-7-15(2)21(19-12-10-18(24)14-16(19)3)20-11-9-17-8-6-13-26-23(17)22(20)25;2-1-3/h9-12,14H,4-8,13H2,1-3H3;1H,(H,2,3)/b21-15+;. The number of benzene rings is 2. The van der Waals surface area contributed by atoms with E-state index >= 15 is 4.39 Å². The lowest BCUT2D eigenvalue weighted by atomic mass is 9.87. The van der Waals surface area contributed by atoms with E-state index in [4.69, 9.17) is 14.6 Å². The third-order valence-corrected chi connectivity index (χ3v) is 5.07. The summed E-state index contributed by atoms with van der Waals surface area (Å²) in [6.45, 7) is 6.37. The molecule has 1 aliphatic rings. The lowest BCUT2D eigenvalue weighted by Gasteiger charge is -2.22. The number of rotatable bonds is 5. The Morgan fingerprint density at radius 1 is 1.21 bits per heavy atom. The summed E-state index contributed by atoms with van der Waals surface area (Å²) in [6, 6.07) is 8.54. The predicted molar refractivity (Wildman–Crippen MR) is 111 cm³/mol. The van der Waals surface area contributed by atoms with Gasteiger partial charge in [0.25, 0.3) is 6.47 Å². The third kappa shape index (κ3) is 5.43. The SMILES string of the molecule is CCCC/C(C)=C(\c1ccc(F)cc1C)c1ccc2c(c1F)OCCC2.O=CO. The summed E-state index contributed by atoms with van der Waals surface area (Å²) in [4.78, 5) is 8.36. The Bertz CT molecular complexity index is 888.